The van der Waals surface area contributed by atoms with E-state index in [1.54, 1.807) is 0 Å². The topological polar surface area (TPSA) is 77.8 Å². The molecule has 0 aromatic rings. The molecule has 13 heavy (non-hydrogen) atoms. The Morgan fingerprint density at radius 3 is 2.38 bits per heavy atom. The number of aliphatic hydroxyl groups is 2. The monoisotopic (exact) mass is 186 g/mol. The molecule has 0 saturated heterocycles. The van der Waals surface area contributed by atoms with Gasteiger partial charge in [-0.15, -0.1) is 0 Å². The number of hydrogen-bond donors (Lipinski definition) is 3. The van der Waals surface area contributed by atoms with E-state index in [-0.39, 0.29) is 11.8 Å². The molecule has 3 rings (SSSR count). The van der Waals surface area contributed by atoms with Crippen LogP contribution in [-0.2, 0) is 4.79 Å². The summed E-state index contributed by atoms with van der Waals surface area (Å²) in [5.41, 5.74) is 0. The van der Waals surface area contributed by atoms with Crippen molar-refractivity contribution in [3.05, 3.63) is 0 Å². The Labute approximate surface area is 76.2 Å². The van der Waals surface area contributed by atoms with Crippen LogP contribution in [0.3, 0.4) is 0 Å². The highest BCUT2D eigenvalue weighted by molar-refractivity contribution is 5.71. The molecule has 0 spiro atoms. The molecule has 0 amide bonds. The number of fused-ring (bicyclic) bond motifs is 3. The Hall–Kier alpha value is -0.610. The highest BCUT2D eigenvalue weighted by Gasteiger charge is 2.49. The first-order valence-electron chi connectivity index (χ1n) is 4.70. The Morgan fingerprint density at radius 2 is 1.85 bits per heavy atom. The summed E-state index contributed by atoms with van der Waals surface area (Å²) in [6.45, 7) is 0. The van der Waals surface area contributed by atoms with E-state index in [2.05, 4.69) is 0 Å². The predicted molar refractivity (Wildman–Crippen MR) is 44.0 cm³/mol. The minimum Gasteiger partial charge on any atom is -0.481 e. The van der Waals surface area contributed by atoms with Crippen molar-refractivity contribution in [3.8, 4) is 0 Å². The van der Waals surface area contributed by atoms with Crippen LogP contribution in [0.2, 0.25) is 0 Å². The molecule has 0 heterocycles. The molecule has 2 bridgehead atoms. The van der Waals surface area contributed by atoms with Crippen LogP contribution in [0.15, 0.2) is 0 Å². The second-order valence-corrected chi connectivity index (χ2v) is 4.16. The van der Waals surface area contributed by atoms with Crippen LogP contribution in [0.1, 0.15) is 19.3 Å². The lowest BCUT2D eigenvalue weighted by molar-refractivity contribution is -0.167. The molecule has 0 radical (unpaired) electrons. The highest BCUT2D eigenvalue weighted by atomic mass is 16.4. The summed E-state index contributed by atoms with van der Waals surface area (Å²) in [6.07, 6.45) is 0.591. The second kappa shape index (κ2) is 2.96. The first-order chi connectivity index (χ1) is 6.11. The summed E-state index contributed by atoms with van der Waals surface area (Å²) in [7, 11) is 0. The summed E-state index contributed by atoms with van der Waals surface area (Å²) < 4.78 is 0. The van der Waals surface area contributed by atoms with Crippen LogP contribution < -0.4 is 0 Å². The lowest BCUT2D eigenvalue weighted by Gasteiger charge is -2.46. The number of aliphatic hydroxyl groups excluding tert-OH is 2. The molecule has 0 aromatic heterocycles. The second-order valence-electron chi connectivity index (χ2n) is 4.16. The average molecular weight is 186 g/mol. The van der Waals surface area contributed by atoms with Gasteiger partial charge in [-0.05, 0) is 25.2 Å². The zero-order valence-electron chi connectivity index (χ0n) is 7.26. The van der Waals surface area contributed by atoms with Crippen LogP contribution in [0.5, 0.6) is 0 Å². The van der Waals surface area contributed by atoms with Crippen molar-refractivity contribution in [3.63, 3.8) is 0 Å². The summed E-state index contributed by atoms with van der Waals surface area (Å²) >= 11 is 0. The fraction of sp³-hybridized carbons (Fsp3) is 0.889. The largest absolute Gasteiger partial charge is 0.481 e. The minimum absolute atomic E-state index is 0.0129. The first kappa shape index (κ1) is 8.97. The third-order valence-electron chi connectivity index (χ3n) is 3.53. The maximum atomic E-state index is 10.8. The average Bonchev–Trinajstić information content (AvgIpc) is 2.12. The molecule has 4 heteroatoms. The molecule has 3 aliphatic carbocycles. The van der Waals surface area contributed by atoms with Gasteiger partial charge in [-0.25, -0.2) is 0 Å². The van der Waals surface area contributed by atoms with Gasteiger partial charge in [0.2, 0.25) is 0 Å². The van der Waals surface area contributed by atoms with E-state index in [0.717, 1.165) is 12.8 Å². The maximum absolute atomic E-state index is 10.8. The molecule has 74 valence electrons. The maximum Gasteiger partial charge on any atom is 0.306 e. The van der Waals surface area contributed by atoms with Gasteiger partial charge in [0, 0.05) is 5.92 Å². The SMILES string of the molecule is O=C(O)[C@H]1C[C@H]2CC[C@@H]1[C@@H](O)[C@H]2O. The Bertz CT molecular complexity index is 226. The van der Waals surface area contributed by atoms with Crippen molar-refractivity contribution >= 4 is 5.97 Å². The molecule has 4 nitrogen and oxygen atoms in total. The zero-order valence-corrected chi connectivity index (χ0v) is 7.26. The van der Waals surface area contributed by atoms with E-state index in [4.69, 9.17) is 5.11 Å². The molecule has 0 aliphatic heterocycles. The Morgan fingerprint density at radius 1 is 1.15 bits per heavy atom. The lowest BCUT2D eigenvalue weighted by Crippen LogP contribution is -2.53. The Kier molecular flexibility index (Phi) is 2.04. The van der Waals surface area contributed by atoms with Crippen molar-refractivity contribution < 1.29 is 20.1 Å². The summed E-state index contributed by atoms with van der Waals surface area (Å²) in [4.78, 5) is 10.8. The van der Waals surface area contributed by atoms with E-state index in [9.17, 15) is 15.0 Å². The lowest BCUT2D eigenvalue weighted by atomic mass is 9.62. The molecule has 3 aliphatic rings. The highest BCUT2D eigenvalue weighted by Crippen LogP contribution is 2.45. The van der Waals surface area contributed by atoms with Crippen molar-refractivity contribution in [2.24, 2.45) is 17.8 Å². The van der Waals surface area contributed by atoms with Gasteiger partial charge in [0.1, 0.15) is 0 Å². The van der Waals surface area contributed by atoms with Gasteiger partial charge in [0.15, 0.2) is 0 Å². The third kappa shape index (κ3) is 1.25. The van der Waals surface area contributed by atoms with Crippen molar-refractivity contribution in [1.82, 2.24) is 0 Å². The van der Waals surface area contributed by atoms with Crippen LogP contribution in [0.25, 0.3) is 0 Å². The van der Waals surface area contributed by atoms with Gasteiger partial charge in [-0.3, -0.25) is 4.79 Å². The van der Waals surface area contributed by atoms with Gasteiger partial charge >= 0.3 is 5.97 Å². The number of carbonyl (C=O) groups is 1. The molecular formula is C9H14O4. The minimum atomic E-state index is -0.833. The zero-order chi connectivity index (χ0) is 9.59. The summed E-state index contributed by atoms with van der Waals surface area (Å²) in [5.74, 6) is -1.53. The van der Waals surface area contributed by atoms with E-state index < -0.39 is 24.1 Å². The van der Waals surface area contributed by atoms with Crippen LogP contribution in [0.4, 0.5) is 0 Å². The standard InChI is InChI=1S/C9H14O4/c10-7-4-1-2-5(8(7)11)6(3-4)9(12)13/h4-8,10-11H,1-3H2,(H,12,13)/t4-,5+,6+,7+,8-/m1/s1. The fourth-order valence-corrected chi connectivity index (χ4v) is 2.76. The smallest absolute Gasteiger partial charge is 0.306 e. The van der Waals surface area contributed by atoms with Crippen LogP contribution >= 0.6 is 0 Å². The van der Waals surface area contributed by atoms with Gasteiger partial charge < -0.3 is 15.3 Å². The summed E-state index contributed by atoms with van der Waals surface area (Å²) in [5, 5.41) is 28.0. The molecular weight excluding hydrogens is 172 g/mol. The predicted octanol–water partition coefficient (Wildman–Crippen LogP) is -0.161. The summed E-state index contributed by atoms with van der Waals surface area (Å²) in [6, 6.07) is 0. The first-order valence-corrected chi connectivity index (χ1v) is 4.70. The van der Waals surface area contributed by atoms with Crippen molar-refractivity contribution in [2.45, 2.75) is 31.5 Å². The molecule has 3 N–H and O–H groups in total. The molecule has 0 unspecified atom stereocenters. The van der Waals surface area contributed by atoms with Crippen molar-refractivity contribution in [2.75, 3.05) is 0 Å². The molecule has 0 aromatic carbocycles. The van der Waals surface area contributed by atoms with Gasteiger partial charge in [0.25, 0.3) is 0 Å². The van der Waals surface area contributed by atoms with Crippen molar-refractivity contribution in [1.29, 1.82) is 0 Å². The molecule has 3 saturated carbocycles. The number of hydrogen-bond acceptors (Lipinski definition) is 3. The number of carboxylic acid groups (broad SMARTS) is 1. The number of aliphatic carboxylic acids is 1. The third-order valence-corrected chi connectivity index (χ3v) is 3.53. The van der Waals surface area contributed by atoms with Crippen LogP contribution in [-0.4, -0.2) is 33.5 Å². The number of rotatable bonds is 1. The van der Waals surface area contributed by atoms with E-state index in [1.807, 2.05) is 0 Å². The Balaban J connectivity index is 2.18. The molecule has 5 atom stereocenters. The molecule has 3 fully saturated rings. The quantitative estimate of drug-likeness (QED) is 0.531. The normalized spacial score (nSPS) is 49.2. The van der Waals surface area contributed by atoms with E-state index in [1.165, 1.54) is 0 Å². The fourth-order valence-electron chi connectivity index (χ4n) is 2.76. The van der Waals surface area contributed by atoms with E-state index in [0.29, 0.717) is 6.42 Å². The van der Waals surface area contributed by atoms with Crippen LogP contribution in [0, 0.1) is 17.8 Å². The van der Waals surface area contributed by atoms with Gasteiger partial charge in [0.05, 0.1) is 18.1 Å². The number of carboxylic acids is 1. The van der Waals surface area contributed by atoms with Gasteiger partial charge in [-0.1, -0.05) is 0 Å². The van der Waals surface area contributed by atoms with Gasteiger partial charge in [-0.2, -0.15) is 0 Å². The van der Waals surface area contributed by atoms with E-state index >= 15 is 0 Å².